The van der Waals surface area contributed by atoms with Gasteiger partial charge in [-0.15, -0.1) is 0 Å². The summed E-state index contributed by atoms with van der Waals surface area (Å²) in [6, 6.07) is 4.35. The number of halogens is 1. The van der Waals surface area contributed by atoms with Gasteiger partial charge in [0.2, 0.25) is 0 Å². The molecule has 7 heteroatoms. The number of hydrogen-bond donors (Lipinski definition) is 0. The first-order chi connectivity index (χ1) is 9.56. The molecule has 0 saturated carbocycles. The first-order valence-corrected chi connectivity index (χ1v) is 6.91. The van der Waals surface area contributed by atoms with E-state index in [2.05, 4.69) is 16.8 Å². The molecule has 0 atom stereocenters. The Balaban J connectivity index is 1.87. The van der Waals surface area contributed by atoms with E-state index in [1.807, 2.05) is 0 Å². The summed E-state index contributed by atoms with van der Waals surface area (Å²) >= 11 is 5.85. The lowest BCUT2D eigenvalue weighted by Crippen LogP contribution is -2.45. The van der Waals surface area contributed by atoms with Gasteiger partial charge in [0.15, 0.2) is 5.75 Å². The van der Waals surface area contributed by atoms with Crippen molar-refractivity contribution < 1.29 is 9.66 Å². The molecular weight excluding hydrogens is 282 g/mol. The Morgan fingerprint density at radius 1 is 1.35 bits per heavy atom. The number of nitro groups is 1. The van der Waals surface area contributed by atoms with Crippen LogP contribution in [-0.2, 0) is 0 Å². The molecule has 2 rings (SSSR count). The van der Waals surface area contributed by atoms with Crippen molar-refractivity contribution in [2.45, 2.75) is 0 Å². The summed E-state index contributed by atoms with van der Waals surface area (Å²) in [5.41, 5.74) is -0.0484. The molecule has 0 unspecified atom stereocenters. The molecule has 1 aromatic carbocycles. The number of likely N-dealkylation sites (N-methyl/N-ethyl adjacent to an activating group) is 1. The summed E-state index contributed by atoms with van der Waals surface area (Å²) in [5.74, 6) is 0.233. The lowest BCUT2D eigenvalue weighted by atomic mass is 10.3. The third-order valence-corrected chi connectivity index (χ3v) is 3.61. The van der Waals surface area contributed by atoms with Crippen LogP contribution in [0.2, 0.25) is 5.02 Å². The van der Waals surface area contributed by atoms with Gasteiger partial charge >= 0.3 is 5.69 Å². The molecule has 1 saturated heterocycles. The van der Waals surface area contributed by atoms with E-state index in [4.69, 9.17) is 16.3 Å². The Hall–Kier alpha value is -1.37. The zero-order chi connectivity index (χ0) is 14.5. The smallest absolute Gasteiger partial charge is 0.311 e. The third kappa shape index (κ3) is 4.06. The molecule has 1 aromatic rings. The van der Waals surface area contributed by atoms with E-state index in [0.717, 1.165) is 32.7 Å². The molecular formula is C13H18ClN3O3. The van der Waals surface area contributed by atoms with Crippen LogP contribution in [0.15, 0.2) is 18.2 Å². The summed E-state index contributed by atoms with van der Waals surface area (Å²) in [6.07, 6.45) is 0. The molecule has 1 aliphatic rings. The lowest BCUT2D eigenvalue weighted by Gasteiger charge is -2.32. The van der Waals surface area contributed by atoms with Crippen molar-refractivity contribution >= 4 is 17.3 Å². The highest BCUT2D eigenvalue weighted by Crippen LogP contribution is 2.29. The molecule has 0 bridgehead atoms. The highest BCUT2D eigenvalue weighted by molar-refractivity contribution is 6.30. The largest absolute Gasteiger partial charge is 0.485 e. The predicted octanol–water partition coefficient (Wildman–Crippen LogP) is 1.87. The molecule has 0 aromatic heterocycles. The Labute approximate surface area is 123 Å². The van der Waals surface area contributed by atoms with E-state index in [1.165, 1.54) is 18.2 Å². The van der Waals surface area contributed by atoms with Crippen LogP contribution in [0.5, 0.6) is 5.75 Å². The summed E-state index contributed by atoms with van der Waals surface area (Å²) in [6.45, 7) is 5.26. The van der Waals surface area contributed by atoms with Crippen LogP contribution in [0.3, 0.4) is 0 Å². The number of benzene rings is 1. The van der Waals surface area contributed by atoms with Gasteiger partial charge in [-0.3, -0.25) is 15.0 Å². The Kier molecular flexibility index (Phi) is 5.17. The average Bonchev–Trinajstić information content (AvgIpc) is 2.41. The van der Waals surface area contributed by atoms with Gasteiger partial charge in [-0.2, -0.15) is 0 Å². The number of nitro benzene ring substituents is 1. The number of hydrogen-bond acceptors (Lipinski definition) is 5. The van der Waals surface area contributed by atoms with Gasteiger partial charge < -0.3 is 9.64 Å². The second-order valence-electron chi connectivity index (χ2n) is 4.86. The first kappa shape index (κ1) is 15.0. The molecule has 1 heterocycles. The van der Waals surface area contributed by atoms with Crippen molar-refractivity contribution in [3.05, 3.63) is 33.3 Å². The van der Waals surface area contributed by atoms with Gasteiger partial charge in [0.05, 0.1) is 4.92 Å². The van der Waals surface area contributed by atoms with Crippen molar-refractivity contribution in [1.29, 1.82) is 0 Å². The molecule has 0 radical (unpaired) electrons. The fourth-order valence-corrected chi connectivity index (χ4v) is 2.27. The molecule has 1 fully saturated rings. The molecule has 6 nitrogen and oxygen atoms in total. The Bertz CT molecular complexity index is 476. The van der Waals surface area contributed by atoms with Crippen molar-refractivity contribution in [3.8, 4) is 5.75 Å². The van der Waals surface area contributed by atoms with Gasteiger partial charge in [0, 0.05) is 49.9 Å². The second kappa shape index (κ2) is 6.88. The SMILES string of the molecule is CN1CCN(CCOc2cc(Cl)ccc2[N+](=O)[O-])CC1. The third-order valence-electron chi connectivity index (χ3n) is 3.38. The number of ether oxygens (including phenoxy) is 1. The summed E-state index contributed by atoms with van der Waals surface area (Å²) in [7, 11) is 2.10. The molecule has 0 amide bonds. The molecule has 110 valence electrons. The minimum Gasteiger partial charge on any atom is -0.485 e. The molecule has 1 aliphatic heterocycles. The van der Waals surface area contributed by atoms with E-state index in [1.54, 1.807) is 0 Å². The Morgan fingerprint density at radius 2 is 2.05 bits per heavy atom. The van der Waals surface area contributed by atoms with E-state index < -0.39 is 4.92 Å². The summed E-state index contributed by atoms with van der Waals surface area (Å²) in [4.78, 5) is 15.0. The second-order valence-corrected chi connectivity index (χ2v) is 5.30. The van der Waals surface area contributed by atoms with Gasteiger partial charge in [0.25, 0.3) is 0 Å². The first-order valence-electron chi connectivity index (χ1n) is 6.54. The fraction of sp³-hybridized carbons (Fsp3) is 0.538. The van der Waals surface area contributed by atoms with Gasteiger partial charge in [-0.25, -0.2) is 0 Å². The average molecular weight is 300 g/mol. The van der Waals surface area contributed by atoms with E-state index in [9.17, 15) is 10.1 Å². The molecule has 0 spiro atoms. The standard InChI is InChI=1S/C13H18ClN3O3/c1-15-4-6-16(7-5-15)8-9-20-13-10-11(14)2-3-12(13)17(18)19/h2-3,10H,4-9H2,1H3. The maximum absolute atomic E-state index is 10.9. The number of rotatable bonds is 5. The van der Waals surface area contributed by atoms with Crippen LogP contribution < -0.4 is 4.74 Å². The summed E-state index contributed by atoms with van der Waals surface area (Å²) in [5, 5.41) is 11.3. The zero-order valence-corrected chi connectivity index (χ0v) is 12.2. The number of nitrogens with zero attached hydrogens (tertiary/aromatic N) is 3. The van der Waals surface area contributed by atoms with E-state index >= 15 is 0 Å². The Morgan fingerprint density at radius 3 is 2.70 bits per heavy atom. The maximum Gasteiger partial charge on any atom is 0.311 e. The molecule has 0 N–H and O–H groups in total. The van der Waals surface area contributed by atoms with Crippen LogP contribution in [0.1, 0.15) is 0 Å². The van der Waals surface area contributed by atoms with Gasteiger partial charge in [0.1, 0.15) is 6.61 Å². The minimum atomic E-state index is -0.457. The van der Waals surface area contributed by atoms with Crippen LogP contribution >= 0.6 is 11.6 Å². The van der Waals surface area contributed by atoms with Crippen LogP contribution in [0, 0.1) is 10.1 Å². The van der Waals surface area contributed by atoms with Gasteiger partial charge in [-0.05, 0) is 13.1 Å². The lowest BCUT2D eigenvalue weighted by molar-refractivity contribution is -0.385. The maximum atomic E-state index is 10.9. The van der Waals surface area contributed by atoms with Crippen molar-refractivity contribution in [2.24, 2.45) is 0 Å². The van der Waals surface area contributed by atoms with Crippen molar-refractivity contribution in [2.75, 3.05) is 46.4 Å². The highest BCUT2D eigenvalue weighted by Gasteiger charge is 2.17. The van der Waals surface area contributed by atoms with E-state index in [-0.39, 0.29) is 11.4 Å². The van der Waals surface area contributed by atoms with Crippen LogP contribution in [0.4, 0.5) is 5.69 Å². The molecule has 20 heavy (non-hydrogen) atoms. The quantitative estimate of drug-likeness (QED) is 0.614. The highest BCUT2D eigenvalue weighted by atomic mass is 35.5. The summed E-state index contributed by atoms with van der Waals surface area (Å²) < 4.78 is 5.53. The monoisotopic (exact) mass is 299 g/mol. The van der Waals surface area contributed by atoms with Crippen LogP contribution in [0.25, 0.3) is 0 Å². The van der Waals surface area contributed by atoms with Crippen LogP contribution in [-0.4, -0.2) is 61.1 Å². The van der Waals surface area contributed by atoms with Crippen molar-refractivity contribution in [3.63, 3.8) is 0 Å². The van der Waals surface area contributed by atoms with Gasteiger partial charge in [-0.1, -0.05) is 11.6 Å². The zero-order valence-electron chi connectivity index (χ0n) is 11.4. The van der Waals surface area contributed by atoms with E-state index in [0.29, 0.717) is 11.6 Å². The number of piperazine rings is 1. The predicted molar refractivity (Wildman–Crippen MR) is 77.5 cm³/mol. The normalized spacial score (nSPS) is 17.1. The van der Waals surface area contributed by atoms with Crippen molar-refractivity contribution in [1.82, 2.24) is 9.80 Å². The fourth-order valence-electron chi connectivity index (χ4n) is 2.11. The topological polar surface area (TPSA) is 58.8 Å². The molecule has 0 aliphatic carbocycles. The minimum absolute atomic E-state index is 0.0484.